The van der Waals surface area contributed by atoms with Gasteiger partial charge in [-0.1, -0.05) is 39.0 Å². The third kappa shape index (κ3) is 5.26. The van der Waals surface area contributed by atoms with Crippen molar-refractivity contribution in [3.8, 4) is 0 Å². The second-order valence-electron chi connectivity index (χ2n) is 5.29. The summed E-state index contributed by atoms with van der Waals surface area (Å²) in [6.45, 7) is 1.99. The van der Waals surface area contributed by atoms with E-state index in [0.717, 1.165) is 19.3 Å². The standard InChI is InChI=1S/C14H27FO5/c1-2-3-4-5-6-7-8-19-14-13(18)12(17)11(15)10(9-16)20-14/h10-14,16-18H,2-9H2,1H3/t10-,11+,12+,13-,14-/m1/s1. The Morgan fingerprint density at radius 2 is 1.70 bits per heavy atom. The number of alkyl halides is 1. The largest absolute Gasteiger partial charge is 0.394 e. The number of hydrogen-bond acceptors (Lipinski definition) is 5. The van der Waals surface area contributed by atoms with Gasteiger partial charge < -0.3 is 24.8 Å². The lowest BCUT2D eigenvalue weighted by Gasteiger charge is -2.38. The van der Waals surface area contributed by atoms with Crippen LogP contribution in [-0.2, 0) is 9.47 Å². The van der Waals surface area contributed by atoms with Gasteiger partial charge in [0.25, 0.3) is 0 Å². The van der Waals surface area contributed by atoms with E-state index in [1.54, 1.807) is 0 Å². The molecule has 5 atom stereocenters. The lowest BCUT2D eigenvalue weighted by molar-refractivity contribution is -0.291. The van der Waals surface area contributed by atoms with Gasteiger partial charge in [0.1, 0.15) is 18.3 Å². The zero-order valence-corrected chi connectivity index (χ0v) is 12.1. The molecule has 1 rings (SSSR count). The van der Waals surface area contributed by atoms with E-state index in [-0.39, 0.29) is 0 Å². The van der Waals surface area contributed by atoms with Crippen LogP contribution in [0.15, 0.2) is 0 Å². The molecule has 0 spiro atoms. The van der Waals surface area contributed by atoms with Crippen LogP contribution in [0, 0.1) is 0 Å². The maximum atomic E-state index is 13.5. The number of halogens is 1. The fourth-order valence-corrected chi connectivity index (χ4v) is 2.26. The summed E-state index contributed by atoms with van der Waals surface area (Å²) in [6, 6.07) is 0. The molecule has 1 heterocycles. The zero-order valence-electron chi connectivity index (χ0n) is 12.1. The number of hydrogen-bond donors (Lipinski definition) is 3. The monoisotopic (exact) mass is 294 g/mol. The highest BCUT2D eigenvalue weighted by atomic mass is 19.1. The van der Waals surface area contributed by atoms with Crippen molar-refractivity contribution in [2.24, 2.45) is 0 Å². The lowest BCUT2D eigenvalue weighted by atomic mass is 10.0. The van der Waals surface area contributed by atoms with E-state index >= 15 is 0 Å². The van der Waals surface area contributed by atoms with E-state index in [2.05, 4.69) is 6.92 Å². The van der Waals surface area contributed by atoms with Gasteiger partial charge in [0.05, 0.1) is 6.61 Å². The Hall–Kier alpha value is -0.270. The third-order valence-corrected chi connectivity index (χ3v) is 3.58. The molecule has 0 aliphatic carbocycles. The first-order valence-corrected chi connectivity index (χ1v) is 7.50. The average molecular weight is 294 g/mol. The van der Waals surface area contributed by atoms with Crippen molar-refractivity contribution in [1.82, 2.24) is 0 Å². The van der Waals surface area contributed by atoms with Gasteiger partial charge in [0, 0.05) is 6.61 Å². The number of aliphatic hydroxyl groups excluding tert-OH is 3. The van der Waals surface area contributed by atoms with Crippen LogP contribution in [0.25, 0.3) is 0 Å². The molecule has 1 aliphatic rings. The third-order valence-electron chi connectivity index (χ3n) is 3.58. The summed E-state index contributed by atoms with van der Waals surface area (Å²) in [5.41, 5.74) is 0. The molecule has 0 unspecified atom stereocenters. The molecule has 1 fully saturated rings. The fourth-order valence-electron chi connectivity index (χ4n) is 2.26. The molecule has 3 N–H and O–H groups in total. The van der Waals surface area contributed by atoms with Crippen LogP contribution in [0.1, 0.15) is 45.4 Å². The molecular formula is C14H27FO5. The van der Waals surface area contributed by atoms with Crippen LogP contribution in [0.5, 0.6) is 0 Å². The van der Waals surface area contributed by atoms with Gasteiger partial charge in [0.2, 0.25) is 0 Å². The summed E-state index contributed by atoms with van der Waals surface area (Å²) in [6.07, 6.45) is -0.416. The molecule has 1 saturated heterocycles. The van der Waals surface area contributed by atoms with Gasteiger partial charge in [-0.3, -0.25) is 0 Å². The summed E-state index contributed by atoms with van der Waals surface area (Å²) in [5, 5.41) is 28.2. The molecule has 0 aromatic rings. The minimum Gasteiger partial charge on any atom is -0.394 e. The first-order chi connectivity index (χ1) is 9.61. The molecular weight excluding hydrogens is 267 g/mol. The number of ether oxygens (including phenoxy) is 2. The fraction of sp³-hybridized carbons (Fsp3) is 1.00. The van der Waals surface area contributed by atoms with Gasteiger partial charge in [-0.2, -0.15) is 0 Å². The number of unbranched alkanes of at least 4 members (excludes halogenated alkanes) is 5. The minimum atomic E-state index is -1.80. The molecule has 0 saturated carbocycles. The first kappa shape index (κ1) is 17.8. The second-order valence-corrected chi connectivity index (χ2v) is 5.29. The zero-order chi connectivity index (χ0) is 15.0. The summed E-state index contributed by atoms with van der Waals surface area (Å²) >= 11 is 0. The molecule has 0 aromatic heterocycles. The van der Waals surface area contributed by atoms with Gasteiger partial charge >= 0.3 is 0 Å². The van der Waals surface area contributed by atoms with Gasteiger partial charge in [-0.05, 0) is 6.42 Å². The Morgan fingerprint density at radius 1 is 1.05 bits per heavy atom. The Kier molecular flexibility index (Phi) is 8.56. The maximum absolute atomic E-state index is 13.5. The smallest absolute Gasteiger partial charge is 0.186 e. The summed E-state index contributed by atoms with van der Waals surface area (Å²) in [4.78, 5) is 0. The van der Waals surface area contributed by atoms with Crippen LogP contribution in [-0.4, -0.2) is 59.3 Å². The molecule has 120 valence electrons. The van der Waals surface area contributed by atoms with Crippen molar-refractivity contribution in [2.75, 3.05) is 13.2 Å². The van der Waals surface area contributed by atoms with Crippen LogP contribution in [0.3, 0.4) is 0 Å². The molecule has 0 amide bonds. The normalized spacial score (nSPS) is 34.4. The van der Waals surface area contributed by atoms with Gasteiger partial charge in [-0.15, -0.1) is 0 Å². The molecule has 5 nitrogen and oxygen atoms in total. The topological polar surface area (TPSA) is 79.2 Å². The first-order valence-electron chi connectivity index (χ1n) is 7.50. The molecule has 0 radical (unpaired) electrons. The molecule has 20 heavy (non-hydrogen) atoms. The van der Waals surface area contributed by atoms with Crippen molar-refractivity contribution >= 4 is 0 Å². The SMILES string of the molecule is CCCCCCCCO[C@@H]1O[C@H](CO)[C@H](F)[C@H](O)[C@H]1O. The van der Waals surface area contributed by atoms with Crippen molar-refractivity contribution in [1.29, 1.82) is 0 Å². The van der Waals surface area contributed by atoms with Crippen molar-refractivity contribution in [3.05, 3.63) is 0 Å². The lowest BCUT2D eigenvalue weighted by Crippen LogP contribution is -2.57. The number of aliphatic hydroxyl groups is 3. The molecule has 6 heteroatoms. The Morgan fingerprint density at radius 3 is 2.35 bits per heavy atom. The van der Waals surface area contributed by atoms with Gasteiger partial charge in [0.15, 0.2) is 12.5 Å². The highest BCUT2D eigenvalue weighted by Crippen LogP contribution is 2.24. The van der Waals surface area contributed by atoms with E-state index in [4.69, 9.17) is 14.6 Å². The summed E-state index contributed by atoms with van der Waals surface area (Å²) in [5.74, 6) is 0. The predicted octanol–water partition coefficient (Wildman–Crippen LogP) is 1.14. The Balaban J connectivity index is 2.21. The molecule has 0 bridgehead atoms. The predicted molar refractivity (Wildman–Crippen MR) is 72.0 cm³/mol. The van der Waals surface area contributed by atoms with Crippen LogP contribution < -0.4 is 0 Å². The van der Waals surface area contributed by atoms with E-state index in [1.807, 2.05) is 0 Å². The summed E-state index contributed by atoms with van der Waals surface area (Å²) < 4.78 is 23.9. The quantitative estimate of drug-likeness (QED) is 0.556. The summed E-state index contributed by atoms with van der Waals surface area (Å²) in [7, 11) is 0. The van der Waals surface area contributed by atoms with Gasteiger partial charge in [-0.25, -0.2) is 4.39 Å². The van der Waals surface area contributed by atoms with E-state index < -0.39 is 37.4 Å². The van der Waals surface area contributed by atoms with Crippen LogP contribution in [0.4, 0.5) is 4.39 Å². The van der Waals surface area contributed by atoms with E-state index in [0.29, 0.717) is 6.61 Å². The van der Waals surface area contributed by atoms with Crippen molar-refractivity contribution in [3.63, 3.8) is 0 Å². The highest BCUT2D eigenvalue weighted by Gasteiger charge is 2.45. The van der Waals surface area contributed by atoms with Crippen molar-refractivity contribution in [2.45, 2.75) is 76.2 Å². The maximum Gasteiger partial charge on any atom is 0.186 e. The Labute approximate surface area is 119 Å². The molecule has 0 aromatic carbocycles. The number of rotatable bonds is 9. The Bertz CT molecular complexity index is 252. The van der Waals surface area contributed by atoms with E-state index in [1.165, 1.54) is 19.3 Å². The average Bonchev–Trinajstić information content (AvgIpc) is 2.46. The molecule has 1 aliphatic heterocycles. The minimum absolute atomic E-state index is 0.385. The van der Waals surface area contributed by atoms with Crippen LogP contribution >= 0.6 is 0 Å². The second kappa shape index (κ2) is 9.63. The highest BCUT2D eigenvalue weighted by molar-refractivity contribution is 4.89. The van der Waals surface area contributed by atoms with Crippen LogP contribution in [0.2, 0.25) is 0 Å². The van der Waals surface area contributed by atoms with Crippen molar-refractivity contribution < 1.29 is 29.2 Å². The van der Waals surface area contributed by atoms with E-state index in [9.17, 15) is 14.6 Å².